The lowest BCUT2D eigenvalue weighted by molar-refractivity contribution is 0.107. The number of hydrogen-bond donors (Lipinski definition) is 0. The fourth-order valence-electron chi connectivity index (χ4n) is 2.11. The summed E-state index contributed by atoms with van der Waals surface area (Å²) in [5.41, 5.74) is 2.54. The molecular formula is C14H19ClO. The number of rotatable bonds is 3. The van der Waals surface area contributed by atoms with E-state index in [0.717, 1.165) is 19.4 Å². The zero-order chi connectivity index (χ0) is 11.5. The average molecular weight is 239 g/mol. The van der Waals surface area contributed by atoms with Crippen molar-refractivity contribution in [3.8, 4) is 0 Å². The Balaban J connectivity index is 2.08. The van der Waals surface area contributed by atoms with Crippen LogP contribution in [0.4, 0.5) is 0 Å². The largest absolute Gasteiger partial charge is 0.376 e. The van der Waals surface area contributed by atoms with E-state index in [9.17, 15) is 0 Å². The summed E-state index contributed by atoms with van der Waals surface area (Å²) >= 11 is 6.42. The van der Waals surface area contributed by atoms with Crippen LogP contribution in [0.2, 0.25) is 0 Å². The van der Waals surface area contributed by atoms with E-state index >= 15 is 0 Å². The molecule has 1 aliphatic heterocycles. The minimum absolute atomic E-state index is 0.00344. The van der Waals surface area contributed by atoms with Crippen molar-refractivity contribution >= 4 is 11.6 Å². The summed E-state index contributed by atoms with van der Waals surface area (Å²) in [6, 6.07) is 8.61. The van der Waals surface area contributed by atoms with Gasteiger partial charge in [-0.05, 0) is 29.9 Å². The predicted octanol–water partition coefficient (Wildman–Crippen LogP) is 4.27. The van der Waals surface area contributed by atoms with Gasteiger partial charge in [0.25, 0.3) is 0 Å². The van der Waals surface area contributed by atoms with Gasteiger partial charge in [0.1, 0.15) is 0 Å². The second kappa shape index (κ2) is 5.20. The highest BCUT2D eigenvalue weighted by molar-refractivity contribution is 6.21. The maximum absolute atomic E-state index is 6.42. The SMILES string of the molecule is CC(C)c1ccc(C(Cl)C2CCCO2)cc1. The standard InChI is InChI=1S/C14H19ClO/c1-10(2)11-5-7-12(8-6-11)14(15)13-4-3-9-16-13/h5-8,10,13-14H,3-4,9H2,1-2H3. The first-order chi connectivity index (χ1) is 7.68. The first-order valence-corrected chi connectivity index (χ1v) is 6.47. The zero-order valence-corrected chi connectivity index (χ0v) is 10.7. The third-order valence-electron chi connectivity index (χ3n) is 3.21. The Hall–Kier alpha value is -0.530. The Morgan fingerprint density at radius 1 is 1.19 bits per heavy atom. The molecule has 0 saturated carbocycles. The fraction of sp³-hybridized carbons (Fsp3) is 0.571. The van der Waals surface area contributed by atoms with Crippen molar-refractivity contribution in [1.82, 2.24) is 0 Å². The maximum atomic E-state index is 6.42. The molecule has 1 aromatic rings. The van der Waals surface area contributed by atoms with Gasteiger partial charge in [-0.3, -0.25) is 0 Å². The van der Waals surface area contributed by atoms with E-state index in [4.69, 9.17) is 16.3 Å². The minimum atomic E-state index is 0.00344. The van der Waals surface area contributed by atoms with Crippen molar-refractivity contribution in [2.45, 2.75) is 44.1 Å². The molecule has 0 aromatic heterocycles. The van der Waals surface area contributed by atoms with Crippen LogP contribution in [0.1, 0.15) is 49.1 Å². The quantitative estimate of drug-likeness (QED) is 0.715. The third kappa shape index (κ3) is 2.58. The van der Waals surface area contributed by atoms with Crippen molar-refractivity contribution in [2.75, 3.05) is 6.61 Å². The smallest absolute Gasteiger partial charge is 0.0847 e. The minimum Gasteiger partial charge on any atom is -0.376 e. The van der Waals surface area contributed by atoms with Crippen molar-refractivity contribution < 1.29 is 4.74 Å². The number of alkyl halides is 1. The normalized spacial score (nSPS) is 22.6. The van der Waals surface area contributed by atoms with Gasteiger partial charge in [-0.1, -0.05) is 38.1 Å². The van der Waals surface area contributed by atoms with Crippen LogP contribution in [0.25, 0.3) is 0 Å². The lowest BCUT2D eigenvalue weighted by Crippen LogP contribution is -2.12. The number of benzene rings is 1. The monoisotopic (exact) mass is 238 g/mol. The molecule has 2 heteroatoms. The molecule has 1 saturated heterocycles. The molecule has 2 atom stereocenters. The molecule has 1 heterocycles. The molecule has 88 valence electrons. The Kier molecular flexibility index (Phi) is 3.88. The van der Waals surface area contributed by atoms with Crippen LogP contribution in [0.5, 0.6) is 0 Å². The topological polar surface area (TPSA) is 9.23 Å². The van der Waals surface area contributed by atoms with Crippen molar-refractivity contribution in [3.63, 3.8) is 0 Å². The van der Waals surface area contributed by atoms with E-state index in [2.05, 4.69) is 38.1 Å². The summed E-state index contributed by atoms with van der Waals surface area (Å²) in [6.07, 6.45) is 2.42. The fourth-order valence-corrected chi connectivity index (χ4v) is 2.46. The van der Waals surface area contributed by atoms with E-state index in [-0.39, 0.29) is 11.5 Å². The van der Waals surface area contributed by atoms with Crippen LogP contribution >= 0.6 is 11.6 Å². The first kappa shape index (κ1) is 11.9. The van der Waals surface area contributed by atoms with Crippen LogP contribution in [0.15, 0.2) is 24.3 Å². The van der Waals surface area contributed by atoms with Gasteiger partial charge in [0.05, 0.1) is 11.5 Å². The Labute approximate surface area is 103 Å². The van der Waals surface area contributed by atoms with Gasteiger partial charge in [-0.25, -0.2) is 0 Å². The summed E-state index contributed by atoms with van der Waals surface area (Å²) in [5, 5.41) is 0.00344. The van der Waals surface area contributed by atoms with Crippen LogP contribution < -0.4 is 0 Å². The van der Waals surface area contributed by atoms with Gasteiger partial charge >= 0.3 is 0 Å². The van der Waals surface area contributed by atoms with Crippen LogP contribution in [0.3, 0.4) is 0 Å². The summed E-state index contributed by atoms with van der Waals surface area (Å²) < 4.78 is 5.61. The van der Waals surface area contributed by atoms with Crippen LogP contribution in [-0.4, -0.2) is 12.7 Å². The molecule has 0 amide bonds. The van der Waals surface area contributed by atoms with Gasteiger partial charge in [-0.15, -0.1) is 11.6 Å². The molecule has 1 aromatic carbocycles. The van der Waals surface area contributed by atoms with Crippen LogP contribution in [0, 0.1) is 0 Å². The Morgan fingerprint density at radius 2 is 1.81 bits per heavy atom. The molecule has 1 nitrogen and oxygen atoms in total. The first-order valence-electron chi connectivity index (χ1n) is 6.04. The summed E-state index contributed by atoms with van der Waals surface area (Å²) in [7, 11) is 0. The van der Waals surface area contributed by atoms with Crippen molar-refractivity contribution in [1.29, 1.82) is 0 Å². The molecule has 1 aliphatic rings. The Morgan fingerprint density at radius 3 is 2.31 bits per heavy atom. The summed E-state index contributed by atoms with van der Waals surface area (Å²) in [6.45, 7) is 5.26. The van der Waals surface area contributed by atoms with E-state index in [1.807, 2.05) is 0 Å². The van der Waals surface area contributed by atoms with Crippen molar-refractivity contribution in [2.24, 2.45) is 0 Å². The van der Waals surface area contributed by atoms with Gasteiger partial charge in [0.15, 0.2) is 0 Å². The van der Waals surface area contributed by atoms with E-state index in [0.29, 0.717) is 5.92 Å². The van der Waals surface area contributed by atoms with Crippen molar-refractivity contribution in [3.05, 3.63) is 35.4 Å². The van der Waals surface area contributed by atoms with E-state index in [1.165, 1.54) is 11.1 Å². The number of hydrogen-bond acceptors (Lipinski definition) is 1. The van der Waals surface area contributed by atoms with E-state index in [1.54, 1.807) is 0 Å². The lowest BCUT2D eigenvalue weighted by atomic mass is 9.99. The number of ether oxygens (including phenoxy) is 1. The molecule has 0 aliphatic carbocycles. The molecule has 0 N–H and O–H groups in total. The van der Waals surface area contributed by atoms with Gasteiger partial charge < -0.3 is 4.74 Å². The third-order valence-corrected chi connectivity index (χ3v) is 3.75. The van der Waals surface area contributed by atoms with Gasteiger partial charge in [-0.2, -0.15) is 0 Å². The molecule has 2 unspecified atom stereocenters. The molecule has 1 fully saturated rings. The van der Waals surface area contributed by atoms with Gasteiger partial charge in [0.2, 0.25) is 0 Å². The predicted molar refractivity (Wildman–Crippen MR) is 68.1 cm³/mol. The second-order valence-electron chi connectivity index (χ2n) is 4.77. The summed E-state index contributed by atoms with van der Waals surface area (Å²) in [4.78, 5) is 0. The second-order valence-corrected chi connectivity index (χ2v) is 5.24. The molecule has 2 rings (SSSR count). The maximum Gasteiger partial charge on any atom is 0.0847 e. The highest BCUT2D eigenvalue weighted by Crippen LogP contribution is 2.32. The Bertz CT molecular complexity index is 325. The zero-order valence-electron chi connectivity index (χ0n) is 9.95. The highest BCUT2D eigenvalue weighted by Gasteiger charge is 2.25. The molecule has 16 heavy (non-hydrogen) atoms. The average Bonchev–Trinajstić information content (AvgIpc) is 2.81. The van der Waals surface area contributed by atoms with E-state index < -0.39 is 0 Å². The molecule has 0 bridgehead atoms. The lowest BCUT2D eigenvalue weighted by Gasteiger charge is -2.17. The molecule has 0 radical (unpaired) electrons. The van der Waals surface area contributed by atoms with Crippen LogP contribution in [-0.2, 0) is 4.74 Å². The van der Waals surface area contributed by atoms with Gasteiger partial charge in [0, 0.05) is 6.61 Å². The summed E-state index contributed by atoms with van der Waals surface area (Å²) in [5.74, 6) is 0.575. The highest BCUT2D eigenvalue weighted by atomic mass is 35.5. The number of halogens is 1. The molecular weight excluding hydrogens is 220 g/mol. The molecule has 0 spiro atoms.